The maximum absolute atomic E-state index is 12.9. The molecule has 1 N–H and O–H groups in total. The van der Waals surface area contributed by atoms with Crippen LogP contribution in [-0.2, 0) is 6.18 Å². The van der Waals surface area contributed by atoms with Gasteiger partial charge in [-0.1, -0.05) is 11.6 Å². The molecule has 3 rings (SSSR count). The maximum Gasteiger partial charge on any atom is 0.417 e. The van der Waals surface area contributed by atoms with Gasteiger partial charge in [0.2, 0.25) is 0 Å². The normalized spacial score (nSPS) is 11.5. The number of hydrogen-bond donors (Lipinski definition) is 1. The van der Waals surface area contributed by atoms with Crippen LogP contribution in [0.25, 0.3) is 10.9 Å². The molecule has 0 aliphatic rings. The third-order valence-corrected chi connectivity index (χ3v) is 3.77. The van der Waals surface area contributed by atoms with E-state index in [0.29, 0.717) is 17.1 Å². The molecule has 0 saturated carbocycles. The summed E-state index contributed by atoms with van der Waals surface area (Å²) < 4.78 is 43.9. The first-order valence-corrected chi connectivity index (χ1v) is 7.33. The molecule has 0 fully saturated rings. The van der Waals surface area contributed by atoms with Gasteiger partial charge in [-0.25, -0.2) is 4.98 Å². The molecular formula is C17H12ClF3N2O. The Morgan fingerprint density at radius 1 is 1.04 bits per heavy atom. The summed E-state index contributed by atoms with van der Waals surface area (Å²) in [6, 6.07) is 12.5. The first-order valence-electron chi connectivity index (χ1n) is 6.95. The summed E-state index contributed by atoms with van der Waals surface area (Å²) in [4.78, 5) is 4.38. The molecule has 2 aromatic carbocycles. The molecule has 124 valence electrons. The standard InChI is InChI=1S/C17H12ClF3N2O/c1-24-12-4-6-15-10(8-12)2-7-16(23-15)22-11-3-5-14(18)13(9-11)17(19,20)21/h2-9H,1H3,(H,22,23). The van der Waals surface area contributed by atoms with Crippen molar-refractivity contribution in [3.05, 3.63) is 59.1 Å². The Morgan fingerprint density at radius 2 is 1.83 bits per heavy atom. The van der Waals surface area contributed by atoms with Gasteiger partial charge >= 0.3 is 6.18 Å². The predicted octanol–water partition coefficient (Wildman–Crippen LogP) is 5.66. The van der Waals surface area contributed by atoms with E-state index < -0.39 is 11.7 Å². The SMILES string of the molecule is COc1ccc2nc(Nc3ccc(Cl)c(C(F)(F)F)c3)ccc2c1. The van der Waals surface area contributed by atoms with Crippen LogP contribution in [0, 0.1) is 0 Å². The van der Waals surface area contributed by atoms with Gasteiger partial charge in [-0.15, -0.1) is 0 Å². The zero-order chi connectivity index (χ0) is 17.3. The summed E-state index contributed by atoms with van der Waals surface area (Å²) in [5.74, 6) is 1.14. The Morgan fingerprint density at radius 3 is 2.54 bits per heavy atom. The monoisotopic (exact) mass is 352 g/mol. The third-order valence-electron chi connectivity index (χ3n) is 3.44. The highest BCUT2D eigenvalue weighted by atomic mass is 35.5. The van der Waals surface area contributed by atoms with E-state index in [1.54, 1.807) is 25.3 Å². The zero-order valence-electron chi connectivity index (χ0n) is 12.5. The van der Waals surface area contributed by atoms with Gasteiger partial charge in [0.25, 0.3) is 0 Å². The van der Waals surface area contributed by atoms with Crippen molar-refractivity contribution in [3.8, 4) is 5.75 Å². The molecule has 0 amide bonds. The summed E-state index contributed by atoms with van der Waals surface area (Å²) in [7, 11) is 1.57. The van der Waals surface area contributed by atoms with Gasteiger partial charge in [-0.05, 0) is 48.5 Å². The molecule has 0 atom stereocenters. The third kappa shape index (κ3) is 3.38. The highest BCUT2D eigenvalue weighted by molar-refractivity contribution is 6.31. The van der Waals surface area contributed by atoms with E-state index in [9.17, 15) is 13.2 Å². The molecule has 24 heavy (non-hydrogen) atoms. The van der Waals surface area contributed by atoms with E-state index >= 15 is 0 Å². The summed E-state index contributed by atoms with van der Waals surface area (Å²) in [5, 5.41) is 3.39. The minimum absolute atomic E-state index is 0.257. The Kier molecular flexibility index (Phi) is 4.24. The summed E-state index contributed by atoms with van der Waals surface area (Å²) in [6.07, 6.45) is -4.51. The number of nitrogens with one attached hydrogen (secondary N) is 1. The first-order chi connectivity index (χ1) is 11.4. The number of ether oxygens (including phenoxy) is 1. The van der Waals surface area contributed by atoms with E-state index in [-0.39, 0.29) is 10.7 Å². The second kappa shape index (κ2) is 6.20. The number of halogens is 4. The van der Waals surface area contributed by atoms with Crippen molar-refractivity contribution in [1.29, 1.82) is 0 Å². The lowest BCUT2D eigenvalue weighted by atomic mass is 10.2. The molecule has 0 aliphatic carbocycles. The molecule has 0 saturated heterocycles. The highest BCUT2D eigenvalue weighted by Crippen LogP contribution is 2.36. The average Bonchev–Trinajstić information content (AvgIpc) is 2.55. The van der Waals surface area contributed by atoms with Crippen LogP contribution in [0.15, 0.2) is 48.5 Å². The van der Waals surface area contributed by atoms with Crippen molar-refractivity contribution in [2.75, 3.05) is 12.4 Å². The van der Waals surface area contributed by atoms with E-state index in [1.807, 2.05) is 12.1 Å². The van der Waals surface area contributed by atoms with Gasteiger partial charge < -0.3 is 10.1 Å². The Labute approximate surface area is 141 Å². The number of fused-ring (bicyclic) bond motifs is 1. The number of rotatable bonds is 3. The van der Waals surface area contributed by atoms with E-state index in [2.05, 4.69) is 10.3 Å². The van der Waals surface area contributed by atoms with Gasteiger partial charge in [0.05, 0.1) is 23.2 Å². The fourth-order valence-electron chi connectivity index (χ4n) is 2.27. The van der Waals surface area contributed by atoms with E-state index in [1.165, 1.54) is 12.1 Å². The van der Waals surface area contributed by atoms with Gasteiger partial charge in [-0.3, -0.25) is 0 Å². The number of hydrogen-bond acceptors (Lipinski definition) is 3. The van der Waals surface area contributed by atoms with Gasteiger partial charge in [0, 0.05) is 11.1 Å². The Hall–Kier alpha value is -2.47. The topological polar surface area (TPSA) is 34.1 Å². The van der Waals surface area contributed by atoms with Gasteiger partial charge in [-0.2, -0.15) is 13.2 Å². The summed E-state index contributed by atoms with van der Waals surface area (Å²) in [5.41, 5.74) is 0.0672. The molecule has 0 radical (unpaired) electrons. The van der Waals surface area contributed by atoms with Crippen molar-refractivity contribution in [3.63, 3.8) is 0 Å². The lowest BCUT2D eigenvalue weighted by Crippen LogP contribution is -2.06. The molecule has 1 aromatic heterocycles. The maximum atomic E-state index is 12.9. The molecule has 0 aliphatic heterocycles. The van der Waals surface area contributed by atoms with Crippen LogP contribution in [0.5, 0.6) is 5.75 Å². The second-order valence-electron chi connectivity index (χ2n) is 5.07. The predicted molar refractivity (Wildman–Crippen MR) is 88.0 cm³/mol. The zero-order valence-corrected chi connectivity index (χ0v) is 13.2. The van der Waals surface area contributed by atoms with Crippen LogP contribution >= 0.6 is 11.6 Å². The molecule has 3 aromatic rings. The van der Waals surface area contributed by atoms with Crippen molar-refractivity contribution >= 4 is 34.0 Å². The molecule has 0 bridgehead atoms. The number of nitrogens with zero attached hydrogens (tertiary/aromatic N) is 1. The van der Waals surface area contributed by atoms with Crippen molar-refractivity contribution in [1.82, 2.24) is 4.98 Å². The quantitative estimate of drug-likeness (QED) is 0.660. The number of benzene rings is 2. The highest BCUT2D eigenvalue weighted by Gasteiger charge is 2.33. The second-order valence-corrected chi connectivity index (χ2v) is 5.48. The fourth-order valence-corrected chi connectivity index (χ4v) is 2.49. The largest absolute Gasteiger partial charge is 0.497 e. The number of aromatic nitrogens is 1. The van der Waals surface area contributed by atoms with Crippen molar-refractivity contribution in [2.24, 2.45) is 0 Å². The lowest BCUT2D eigenvalue weighted by Gasteiger charge is -2.12. The minimum atomic E-state index is -4.51. The Balaban J connectivity index is 1.92. The van der Waals surface area contributed by atoms with Crippen molar-refractivity contribution < 1.29 is 17.9 Å². The van der Waals surface area contributed by atoms with Crippen LogP contribution in [-0.4, -0.2) is 12.1 Å². The van der Waals surface area contributed by atoms with Crippen LogP contribution in [0.1, 0.15) is 5.56 Å². The average molecular weight is 353 g/mol. The molecule has 0 spiro atoms. The van der Waals surface area contributed by atoms with Crippen LogP contribution in [0.2, 0.25) is 5.02 Å². The summed E-state index contributed by atoms with van der Waals surface area (Å²) >= 11 is 5.62. The van der Waals surface area contributed by atoms with Crippen LogP contribution in [0.4, 0.5) is 24.7 Å². The number of methoxy groups -OCH3 is 1. The number of pyridine rings is 1. The van der Waals surface area contributed by atoms with Crippen LogP contribution < -0.4 is 10.1 Å². The van der Waals surface area contributed by atoms with E-state index in [0.717, 1.165) is 11.5 Å². The summed E-state index contributed by atoms with van der Waals surface area (Å²) in [6.45, 7) is 0. The first kappa shape index (κ1) is 16.4. The molecule has 7 heteroatoms. The lowest BCUT2D eigenvalue weighted by molar-refractivity contribution is -0.137. The molecular weight excluding hydrogens is 341 g/mol. The van der Waals surface area contributed by atoms with E-state index in [4.69, 9.17) is 16.3 Å². The number of anilines is 2. The fraction of sp³-hybridized carbons (Fsp3) is 0.118. The smallest absolute Gasteiger partial charge is 0.417 e. The Bertz CT molecular complexity index is 897. The molecule has 1 heterocycles. The minimum Gasteiger partial charge on any atom is -0.497 e. The van der Waals surface area contributed by atoms with Crippen LogP contribution in [0.3, 0.4) is 0 Å². The van der Waals surface area contributed by atoms with Gasteiger partial charge in [0.1, 0.15) is 11.6 Å². The molecule has 0 unspecified atom stereocenters. The van der Waals surface area contributed by atoms with Crippen molar-refractivity contribution in [2.45, 2.75) is 6.18 Å². The number of alkyl halides is 3. The van der Waals surface area contributed by atoms with Gasteiger partial charge in [0.15, 0.2) is 0 Å². The molecule has 3 nitrogen and oxygen atoms in total.